The first kappa shape index (κ1) is 19.6. The van der Waals surface area contributed by atoms with Gasteiger partial charge in [0.15, 0.2) is 5.76 Å². The fourth-order valence-electron chi connectivity index (χ4n) is 3.20. The number of nitrogens with zero attached hydrogens (tertiary/aromatic N) is 3. The van der Waals surface area contributed by atoms with Crippen molar-refractivity contribution in [3.63, 3.8) is 0 Å². The molecule has 2 aromatic rings. The number of furan rings is 1. The molecular formula is C19H22N4O5. The molecule has 9 nitrogen and oxygen atoms in total. The van der Waals surface area contributed by atoms with Crippen LogP contribution in [0.15, 0.2) is 34.7 Å². The Balaban J connectivity index is 1.51. The van der Waals surface area contributed by atoms with E-state index in [2.05, 4.69) is 5.32 Å². The Morgan fingerprint density at radius 2 is 1.75 bits per heavy atom. The Morgan fingerprint density at radius 1 is 1.11 bits per heavy atom. The van der Waals surface area contributed by atoms with E-state index in [1.807, 2.05) is 36.9 Å². The summed E-state index contributed by atoms with van der Waals surface area (Å²) in [5.74, 6) is -0.982. The predicted octanol–water partition coefficient (Wildman–Crippen LogP) is 2.20. The molecule has 0 spiro atoms. The summed E-state index contributed by atoms with van der Waals surface area (Å²) in [7, 11) is 0. The highest BCUT2D eigenvalue weighted by molar-refractivity contribution is 5.94. The van der Waals surface area contributed by atoms with Gasteiger partial charge in [0.2, 0.25) is 5.91 Å². The van der Waals surface area contributed by atoms with Crippen LogP contribution in [0.2, 0.25) is 0 Å². The van der Waals surface area contributed by atoms with Crippen LogP contribution in [0, 0.1) is 24.0 Å². The summed E-state index contributed by atoms with van der Waals surface area (Å²) in [5.41, 5.74) is 2.85. The largest absolute Gasteiger partial charge is 0.433 e. The molecule has 0 bridgehead atoms. The van der Waals surface area contributed by atoms with E-state index in [0.717, 1.165) is 16.8 Å². The number of benzene rings is 1. The van der Waals surface area contributed by atoms with Gasteiger partial charge in [0, 0.05) is 31.9 Å². The summed E-state index contributed by atoms with van der Waals surface area (Å²) in [5, 5.41) is 13.6. The van der Waals surface area contributed by atoms with Crippen molar-refractivity contribution >= 4 is 23.4 Å². The van der Waals surface area contributed by atoms with E-state index in [4.69, 9.17) is 4.42 Å². The van der Waals surface area contributed by atoms with Crippen molar-refractivity contribution in [1.82, 2.24) is 9.80 Å². The van der Waals surface area contributed by atoms with Crippen LogP contribution >= 0.6 is 0 Å². The SMILES string of the molecule is Cc1cccc(C)c1NC(=O)CN1CCN(C(=O)c2ccc([N+](=O)[O-])o2)CC1. The van der Waals surface area contributed by atoms with Crippen LogP contribution in [0.4, 0.5) is 11.6 Å². The maximum absolute atomic E-state index is 12.4. The molecule has 1 N–H and O–H groups in total. The Kier molecular flexibility index (Phi) is 5.74. The monoisotopic (exact) mass is 386 g/mol. The summed E-state index contributed by atoms with van der Waals surface area (Å²) in [6.45, 7) is 6.05. The Hall–Kier alpha value is -3.20. The summed E-state index contributed by atoms with van der Waals surface area (Å²) in [6, 6.07) is 8.33. The molecule has 1 saturated heterocycles. The zero-order valence-electron chi connectivity index (χ0n) is 15.8. The Morgan fingerprint density at radius 3 is 2.32 bits per heavy atom. The number of piperazine rings is 1. The van der Waals surface area contributed by atoms with Crippen LogP contribution in [0.5, 0.6) is 0 Å². The van der Waals surface area contributed by atoms with Gasteiger partial charge in [-0.3, -0.25) is 24.6 Å². The molecule has 1 aliphatic heterocycles. The minimum Gasteiger partial charge on any atom is -0.395 e. The number of para-hydroxylation sites is 1. The lowest BCUT2D eigenvalue weighted by molar-refractivity contribution is -0.402. The highest BCUT2D eigenvalue weighted by Crippen LogP contribution is 2.20. The number of nitrogens with one attached hydrogen (secondary N) is 1. The predicted molar refractivity (Wildman–Crippen MR) is 102 cm³/mol. The third kappa shape index (κ3) is 4.37. The molecule has 1 aromatic carbocycles. The molecule has 0 atom stereocenters. The van der Waals surface area contributed by atoms with Gasteiger partial charge in [-0.25, -0.2) is 0 Å². The lowest BCUT2D eigenvalue weighted by atomic mass is 10.1. The van der Waals surface area contributed by atoms with Gasteiger partial charge in [0.1, 0.15) is 4.92 Å². The van der Waals surface area contributed by atoms with Crippen molar-refractivity contribution in [2.75, 3.05) is 38.0 Å². The number of rotatable bonds is 5. The normalized spacial score (nSPS) is 14.7. The zero-order valence-corrected chi connectivity index (χ0v) is 15.8. The van der Waals surface area contributed by atoms with Crippen molar-refractivity contribution < 1.29 is 18.9 Å². The number of carbonyl (C=O) groups is 2. The number of carbonyl (C=O) groups excluding carboxylic acids is 2. The minimum absolute atomic E-state index is 0.0482. The molecule has 0 unspecified atom stereocenters. The molecule has 28 heavy (non-hydrogen) atoms. The van der Waals surface area contributed by atoms with Gasteiger partial charge in [-0.05, 0) is 31.0 Å². The fourth-order valence-corrected chi connectivity index (χ4v) is 3.20. The third-order valence-corrected chi connectivity index (χ3v) is 4.75. The molecule has 0 radical (unpaired) electrons. The van der Waals surface area contributed by atoms with Gasteiger partial charge in [0.05, 0.1) is 12.6 Å². The van der Waals surface area contributed by atoms with Gasteiger partial charge in [-0.2, -0.15) is 0 Å². The van der Waals surface area contributed by atoms with Crippen LogP contribution in [-0.4, -0.2) is 59.3 Å². The topological polar surface area (TPSA) is 109 Å². The number of aryl methyl sites for hydroxylation is 2. The molecule has 1 aliphatic rings. The minimum atomic E-state index is -0.677. The highest BCUT2D eigenvalue weighted by atomic mass is 16.6. The van der Waals surface area contributed by atoms with Gasteiger partial charge >= 0.3 is 5.88 Å². The first-order chi connectivity index (χ1) is 13.3. The molecule has 0 saturated carbocycles. The first-order valence-electron chi connectivity index (χ1n) is 8.97. The zero-order chi connectivity index (χ0) is 20.3. The Bertz CT molecular complexity index is 879. The van der Waals surface area contributed by atoms with E-state index in [1.54, 1.807) is 4.90 Å². The second-order valence-electron chi connectivity index (χ2n) is 6.78. The van der Waals surface area contributed by atoms with E-state index in [-0.39, 0.29) is 24.1 Å². The van der Waals surface area contributed by atoms with Crippen molar-refractivity contribution in [3.05, 3.63) is 57.3 Å². The number of hydrogen-bond acceptors (Lipinski definition) is 6. The van der Waals surface area contributed by atoms with Crippen LogP contribution in [0.25, 0.3) is 0 Å². The molecule has 1 aromatic heterocycles. The lowest BCUT2D eigenvalue weighted by Crippen LogP contribution is -2.50. The van der Waals surface area contributed by atoms with E-state index >= 15 is 0 Å². The molecule has 3 rings (SSSR count). The van der Waals surface area contributed by atoms with Crippen molar-refractivity contribution in [2.24, 2.45) is 0 Å². The molecule has 148 valence electrons. The van der Waals surface area contributed by atoms with Gasteiger partial charge < -0.3 is 14.6 Å². The maximum atomic E-state index is 12.4. The van der Waals surface area contributed by atoms with Gasteiger partial charge in [-0.1, -0.05) is 18.2 Å². The summed E-state index contributed by atoms with van der Waals surface area (Å²) >= 11 is 0. The second-order valence-corrected chi connectivity index (χ2v) is 6.78. The van der Waals surface area contributed by atoms with Crippen LogP contribution in [0.1, 0.15) is 21.7 Å². The second kappa shape index (κ2) is 8.22. The van der Waals surface area contributed by atoms with E-state index < -0.39 is 10.8 Å². The van der Waals surface area contributed by atoms with E-state index in [1.165, 1.54) is 12.1 Å². The third-order valence-electron chi connectivity index (χ3n) is 4.75. The molecule has 2 amide bonds. The summed E-state index contributed by atoms with van der Waals surface area (Å²) in [6.07, 6.45) is 0. The lowest BCUT2D eigenvalue weighted by Gasteiger charge is -2.33. The molecule has 2 heterocycles. The number of amides is 2. The quantitative estimate of drug-likeness (QED) is 0.623. The van der Waals surface area contributed by atoms with E-state index in [9.17, 15) is 19.7 Å². The summed E-state index contributed by atoms with van der Waals surface area (Å²) in [4.78, 5) is 38.3. The van der Waals surface area contributed by atoms with Crippen molar-refractivity contribution in [2.45, 2.75) is 13.8 Å². The molecular weight excluding hydrogens is 364 g/mol. The fraction of sp³-hybridized carbons (Fsp3) is 0.368. The number of anilines is 1. The number of nitro groups is 1. The molecule has 9 heteroatoms. The number of hydrogen-bond donors (Lipinski definition) is 1. The van der Waals surface area contributed by atoms with Crippen LogP contribution in [0.3, 0.4) is 0 Å². The Labute approximate surface area is 162 Å². The standard InChI is InChI=1S/C19H22N4O5/c1-13-4-3-5-14(2)18(13)20-16(24)12-21-8-10-22(11-9-21)19(25)15-6-7-17(28-15)23(26)27/h3-7H,8-12H2,1-2H3,(H,20,24). The van der Waals surface area contributed by atoms with Crippen LogP contribution < -0.4 is 5.32 Å². The first-order valence-corrected chi connectivity index (χ1v) is 8.97. The molecule has 1 fully saturated rings. The summed E-state index contributed by atoms with van der Waals surface area (Å²) < 4.78 is 4.97. The van der Waals surface area contributed by atoms with Gasteiger partial charge in [0.25, 0.3) is 5.91 Å². The molecule has 0 aliphatic carbocycles. The van der Waals surface area contributed by atoms with E-state index in [0.29, 0.717) is 26.2 Å². The highest BCUT2D eigenvalue weighted by Gasteiger charge is 2.26. The smallest absolute Gasteiger partial charge is 0.395 e. The van der Waals surface area contributed by atoms with Gasteiger partial charge in [-0.15, -0.1) is 0 Å². The van der Waals surface area contributed by atoms with Crippen molar-refractivity contribution in [1.29, 1.82) is 0 Å². The average molecular weight is 386 g/mol. The maximum Gasteiger partial charge on any atom is 0.433 e. The average Bonchev–Trinajstić information content (AvgIpc) is 3.15. The van der Waals surface area contributed by atoms with Crippen LogP contribution in [-0.2, 0) is 4.79 Å². The van der Waals surface area contributed by atoms with Crippen molar-refractivity contribution in [3.8, 4) is 0 Å².